The second-order valence-electron chi connectivity index (χ2n) is 14.5. The van der Waals surface area contributed by atoms with Crippen LogP contribution in [0.4, 0.5) is 0 Å². The van der Waals surface area contributed by atoms with Crippen LogP contribution in [0.5, 0.6) is 0 Å². The van der Waals surface area contributed by atoms with Gasteiger partial charge < -0.3 is 18.7 Å². The molecule has 1 aliphatic heterocycles. The first kappa shape index (κ1) is 31.6. The second kappa shape index (κ2) is 12.4. The largest absolute Gasteiger partial charge is 0.456 e. The number of hydrogen-bond donors (Lipinski definition) is 1. The van der Waals surface area contributed by atoms with Crippen molar-refractivity contribution in [2.75, 3.05) is 0 Å². The summed E-state index contributed by atoms with van der Waals surface area (Å²) in [6.07, 6.45) is -0.397. The number of amidine groups is 2. The Balaban J connectivity index is 1.01. The van der Waals surface area contributed by atoms with E-state index in [1.165, 1.54) is 21.8 Å². The summed E-state index contributed by atoms with van der Waals surface area (Å²) in [5.74, 6) is 1.46. The molecule has 0 bridgehead atoms. The predicted octanol–water partition coefficient (Wildman–Crippen LogP) is 12.7. The Morgan fingerprint density at radius 1 is 0.474 bits per heavy atom. The summed E-state index contributed by atoms with van der Waals surface area (Å²) in [5.41, 5.74) is 11.7. The topological polar surface area (TPSA) is 68.0 Å². The lowest BCUT2D eigenvalue weighted by molar-refractivity contribution is 0.663. The van der Waals surface area contributed by atoms with Crippen LogP contribution in [0, 0.1) is 0 Å². The van der Waals surface area contributed by atoms with Gasteiger partial charge in [0.05, 0.1) is 11.0 Å². The summed E-state index contributed by atoms with van der Waals surface area (Å²) >= 11 is 0. The normalized spacial score (nSPS) is 14.5. The van der Waals surface area contributed by atoms with Crippen molar-refractivity contribution in [2.24, 2.45) is 9.98 Å². The van der Waals surface area contributed by atoms with E-state index in [-0.39, 0.29) is 0 Å². The number of furan rings is 2. The molecule has 0 spiro atoms. The molecule has 0 fully saturated rings. The van der Waals surface area contributed by atoms with Crippen molar-refractivity contribution in [1.29, 1.82) is 0 Å². The number of fused-ring (bicyclic) bond motifs is 9. The van der Waals surface area contributed by atoms with E-state index in [1.54, 1.807) is 0 Å². The summed E-state index contributed by atoms with van der Waals surface area (Å²) in [6, 6.07) is 63.1. The van der Waals surface area contributed by atoms with Crippen LogP contribution in [0.1, 0.15) is 22.9 Å². The molecule has 1 aliphatic rings. The standard InChI is InChI=1S/C51H32N4O2/c1-3-14-31(15-4-1)49-52-50(32-16-5-2-6-17-32)54-51(53-49)40-23-13-27-44-47(40)39-22-11-21-37(48(39)57-44)36-20-12-26-43-46(36)38-29-28-33(30-45(38)56-43)55-41-24-9-7-18-34(41)35-19-8-10-25-42(35)55/h1-30,51H,(H,52,53,54). The highest BCUT2D eigenvalue weighted by atomic mass is 16.3. The fourth-order valence-corrected chi connectivity index (χ4v) is 8.76. The van der Waals surface area contributed by atoms with Gasteiger partial charge in [0.25, 0.3) is 0 Å². The summed E-state index contributed by atoms with van der Waals surface area (Å²) in [4.78, 5) is 10.2. The van der Waals surface area contributed by atoms with Crippen LogP contribution in [-0.4, -0.2) is 16.2 Å². The van der Waals surface area contributed by atoms with Crippen LogP contribution < -0.4 is 5.32 Å². The molecule has 0 saturated carbocycles. The van der Waals surface area contributed by atoms with Gasteiger partial charge in [-0.3, -0.25) is 0 Å². The maximum Gasteiger partial charge on any atom is 0.159 e. The van der Waals surface area contributed by atoms with E-state index in [1.807, 2.05) is 48.5 Å². The van der Waals surface area contributed by atoms with Crippen molar-refractivity contribution in [3.05, 3.63) is 199 Å². The summed E-state index contributed by atoms with van der Waals surface area (Å²) in [6.45, 7) is 0. The highest BCUT2D eigenvalue weighted by Crippen LogP contribution is 2.44. The van der Waals surface area contributed by atoms with Gasteiger partial charge in [0.2, 0.25) is 0 Å². The van der Waals surface area contributed by atoms with Crippen LogP contribution >= 0.6 is 0 Å². The Kier molecular flexibility index (Phi) is 6.89. The first-order chi connectivity index (χ1) is 28.3. The Morgan fingerprint density at radius 2 is 1.11 bits per heavy atom. The van der Waals surface area contributed by atoms with Gasteiger partial charge in [0, 0.05) is 66.3 Å². The first-order valence-corrected chi connectivity index (χ1v) is 19.2. The van der Waals surface area contributed by atoms with Gasteiger partial charge in [-0.15, -0.1) is 0 Å². The van der Waals surface area contributed by atoms with Crippen molar-refractivity contribution >= 4 is 77.4 Å². The van der Waals surface area contributed by atoms with E-state index in [0.29, 0.717) is 5.84 Å². The Labute approximate surface area is 326 Å². The summed E-state index contributed by atoms with van der Waals surface area (Å²) < 4.78 is 15.8. The molecule has 0 radical (unpaired) electrons. The minimum atomic E-state index is -0.397. The average Bonchev–Trinajstić information content (AvgIpc) is 3.96. The molecule has 3 aromatic heterocycles. The Morgan fingerprint density at radius 3 is 1.88 bits per heavy atom. The van der Waals surface area contributed by atoms with E-state index >= 15 is 0 Å². The lowest BCUT2D eigenvalue weighted by Gasteiger charge is -2.24. The highest BCUT2D eigenvalue weighted by molar-refractivity contribution is 6.19. The van der Waals surface area contributed by atoms with Crippen LogP contribution in [0.2, 0.25) is 0 Å². The molecule has 1 unspecified atom stereocenters. The molecular formula is C51H32N4O2. The molecular weight excluding hydrogens is 701 g/mol. The zero-order valence-corrected chi connectivity index (χ0v) is 30.6. The molecule has 268 valence electrons. The van der Waals surface area contributed by atoms with E-state index in [9.17, 15) is 0 Å². The number of hydrogen-bond acceptors (Lipinski definition) is 5. The molecule has 11 aromatic rings. The van der Waals surface area contributed by atoms with E-state index in [0.717, 1.165) is 83.2 Å². The number of benzene rings is 8. The smallest absolute Gasteiger partial charge is 0.159 e. The SMILES string of the molecule is c1ccc(C2=NC(c3cccc4oc5c(-c6cccc7oc8cc(-n9c%10ccccc%10c%10ccccc%109)ccc8c67)cccc5c34)NC(c3ccccc3)=N2)cc1. The predicted molar refractivity (Wildman–Crippen MR) is 233 cm³/mol. The van der Waals surface area contributed by atoms with Crippen molar-refractivity contribution in [3.63, 3.8) is 0 Å². The van der Waals surface area contributed by atoms with Crippen LogP contribution in [0.3, 0.4) is 0 Å². The zero-order valence-electron chi connectivity index (χ0n) is 30.6. The Hall–Kier alpha value is -7.70. The lowest BCUT2D eigenvalue weighted by atomic mass is 9.96. The van der Waals surface area contributed by atoms with Gasteiger partial charge >= 0.3 is 0 Å². The minimum absolute atomic E-state index is 0.397. The van der Waals surface area contributed by atoms with E-state index in [2.05, 4.69) is 143 Å². The van der Waals surface area contributed by atoms with Crippen molar-refractivity contribution in [2.45, 2.75) is 6.17 Å². The number of nitrogens with zero attached hydrogens (tertiary/aromatic N) is 3. The van der Waals surface area contributed by atoms with E-state index in [4.69, 9.17) is 18.8 Å². The van der Waals surface area contributed by atoms with Crippen molar-refractivity contribution < 1.29 is 8.83 Å². The third kappa shape index (κ3) is 4.90. The number of para-hydroxylation sites is 3. The Bertz CT molecular complexity index is 3390. The number of nitrogens with one attached hydrogen (secondary N) is 1. The molecule has 1 atom stereocenters. The van der Waals surface area contributed by atoms with Crippen LogP contribution in [0.25, 0.3) is 82.5 Å². The molecule has 12 rings (SSSR count). The lowest BCUT2D eigenvalue weighted by Crippen LogP contribution is -2.33. The monoisotopic (exact) mass is 732 g/mol. The number of aromatic nitrogens is 1. The van der Waals surface area contributed by atoms with Gasteiger partial charge in [-0.05, 0) is 42.0 Å². The third-order valence-corrected chi connectivity index (χ3v) is 11.3. The first-order valence-electron chi connectivity index (χ1n) is 19.2. The molecule has 6 nitrogen and oxygen atoms in total. The summed E-state index contributed by atoms with van der Waals surface area (Å²) in [5, 5.41) is 10.3. The van der Waals surface area contributed by atoms with E-state index < -0.39 is 6.17 Å². The van der Waals surface area contributed by atoms with Gasteiger partial charge in [-0.1, -0.05) is 140 Å². The molecule has 0 saturated heterocycles. The fourth-order valence-electron chi connectivity index (χ4n) is 8.76. The molecule has 0 aliphatic carbocycles. The molecule has 6 heteroatoms. The van der Waals surface area contributed by atoms with Gasteiger partial charge in [-0.2, -0.15) is 0 Å². The number of rotatable bonds is 5. The molecule has 57 heavy (non-hydrogen) atoms. The fraction of sp³-hybridized carbons (Fsp3) is 0.0196. The minimum Gasteiger partial charge on any atom is -0.456 e. The quantitative estimate of drug-likeness (QED) is 0.192. The second-order valence-corrected chi connectivity index (χ2v) is 14.5. The molecule has 1 N–H and O–H groups in total. The van der Waals surface area contributed by atoms with Gasteiger partial charge in [0.1, 0.15) is 34.3 Å². The molecule has 8 aromatic carbocycles. The molecule has 0 amide bonds. The number of aliphatic imine (C=N–C) groups is 2. The van der Waals surface area contributed by atoms with Crippen LogP contribution in [0.15, 0.2) is 201 Å². The van der Waals surface area contributed by atoms with Crippen LogP contribution in [-0.2, 0) is 0 Å². The van der Waals surface area contributed by atoms with Crippen molar-refractivity contribution in [1.82, 2.24) is 9.88 Å². The summed E-state index contributed by atoms with van der Waals surface area (Å²) in [7, 11) is 0. The van der Waals surface area contributed by atoms with Gasteiger partial charge in [0.15, 0.2) is 5.84 Å². The molecule has 4 heterocycles. The van der Waals surface area contributed by atoms with Crippen molar-refractivity contribution in [3.8, 4) is 16.8 Å². The highest BCUT2D eigenvalue weighted by Gasteiger charge is 2.26. The average molecular weight is 733 g/mol. The third-order valence-electron chi connectivity index (χ3n) is 11.3. The zero-order chi connectivity index (χ0) is 37.5. The maximum absolute atomic E-state index is 6.84. The maximum atomic E-state index is 6.84. The van der Waals surface area contributed by atoms with Gasteiger partial charge in [-0.25, -0.2) is 9.98 Å².